The van der Waals surface area contributed by atoms with E-state index in [-0.39, 0.29) is 11.9 Å². The highest BCUT2D eigenvalue weighted by atomic mass is 19.1. The zero-order chi connectivity index (χ0) is 19.5. The molecule has 0 aliphatic heterocycles. The minimum Gasteiger partial charge on any atom is -0.464 e. The van der Waals surface area contributed by atoms with Crippen molar-refractivity contribution in [2.45, 2.75) is 26.4 Å². The molecule has 2 aromatic heterocycles. The van der Waals surface area contributed by atoms with Gasteiger partial charge < -0.3 is 9.73 Å². The molecule has 5 heteroatoms. The van der Waals surface area contributed by atoms with Gasteiger partial charge in [-0.2, -0.15) is 5.10 Å². The largest absolute Gasteiger partial charge is 0.464 e. The summed E-state index contributed by atoms with van der Waals surface area (Å²) < 4.78 is 20.9. The van der Waals surface area contributed by atoms with E-state index in [2.05, 4.69) is 29.5 Å². The van der Waals surface area contributed by atoms with Gasteiger partial charge >= 0.3 is 0 Å². The standard InChI is InChI=1S/C23H22FN3O/c1-16(22-15-26-27(17(22)2)20-9-5-8-19(24)13-20)25-14-18-7-3-4-10-21(18)23-11-6-12-28-23/h3-13,15-16,25H,14H2,1-2H3. The van der Waals surface area contributed by atoms with Crippen LogP contribution in [0.5, 0.6) is 0 Å². The number of furan rings is 1. The van der Waals surface area contributed by atoms with Crippen LogP contribution in [0.4, 0.5) is 4.39 Å². The molecule has 28 heavy (non-hydrogen) atoms. The fourth-order valence-corrected chi connectivity index (χ4v) is 3.44. The monoisotopic (exact) mass is 375 g/mol. The molecular formula is C23H22FN3O. The van der Waals surface area contributed by atoms with E-state index in [1.54, 1.807) is 17.0 Å². The lowest BCUT2D eigenvalue weighted by atomic mass is 10.0. The number of nitrogens with one attached hydrogen (secondary N) is 1. The van der Waals surface area contributed by atoms with Crippen molar-refractivity contribution in [2.75, 3.05) is 0 Å². The average molecular weight is 375 g/mol. The van der Waals surface area contributed by atoms with Crippen LogP contribution in [0, 0.1) is 12.7 Å². The Balaban J connectivity index is 1.52. The first-order valence-electron chi connectivity index (χ1n) is 9.29. The van der Waals surface area contributed by atoms with Gasteiger partial charge in [0.15, 0.2) is 0 Å². The van der Waals surface area contributed by atoms with E-state index in [1.165, 1.54) is 17.7 Å². The SMILES string of the molecule is Cc1c(C(C)NCc2ccccc2-c2ccco2)cnn1-c1cccc(F)c1. The van der Waals surface area contributed by atoms with Crippen LogP contribution in [0.1, 0.15) is 29.8 Å². The lowest BCUT2D eigenvalue weighted by molar-refractivity contribution is 0.564. The first-order chi connectivity index (χ1) is 13.6. The molecule has 0 aliphatic rings. The Hall–Kier alpha value is -3.18. The van der Waals surface area contributed by atoms with E-state index in [1.807, 2.05) is 43.5 Å². The highest BCUT2D eigenvalue weighted by Crippen LogP contribution is 2.25. The molecule has 4 aromatic rings. The minimum atomic E-state index is -0.269. The fraction of sp³-hybridized carbons (Fsp3) is 0.174. The number of benzene rings is 2. The van der Waals surface area contributed by atoms with Gasteiger partial charge in [0.1, 0.15) is 11.6 Å². The second-order valence-corrected chi connectivity index (χ2v) is 6.81. The van der Waals surface area contributed by atoms with Crippen LogP contribution >= 0.6 is 0 Å². The third-order valence-electron chi connectivity index (χ3n) is 4.97. The quantitative estimate of drug-likeness (QED) is 0.489. The number of hydrogen-bond donors (Lipinski definition) is 1. The van der Waals surface area contributed by atoms with E-state index in [4.69, 9.17) is 4.42 Å². The van der Waals surface area contributed by atoms with Crippen LogP contribution in [0.3, 0.4) is 0 Å². The molecule has 0 saturated carbocycles. The van der Waals surface area contributed by atoms with Crippen molar-refractivity contribution < 1.29 is 8.81 Å². The number of rotatable bonds is 6. The zero-order valence-corrected chi connectivity index (χ0v) is 15.9. The summed E-state index contributed by atoms with van der Waals surface area (Å²) in [5.74, 6) is 0.592. The normalized spacial score (nSPS) is 12.2. The molecule has 0 radical (unpaired) electrons. The zero-order valence-electron chi connectivity index (χ0n) is 15.9. The number of hydrogen-bond acceptors (Lipinski definition) is 3. The van der Waals surface area contributed by atoms with E-state index in [9.17, 15) is 4.39 Å². The minimum absolute atomic E-state index is 0.0898. The molecule has 1 unspecified atom stereocenters. The Bertz CT molecular complexity index is 1070. The first-order valence-corrected chi connectivity index (χ1v) is 9.29. The van der Waals surface area contributed by atoms with E-state index < -0.39 is 0 Å². The lowest BCUT2D eigenvalue weighted by Gasteiger charge is -2.16. The molecule has 0 spiro atoms. The van der Waals surface area contributed by atoms with Gasteiger partial charge in [-0.15, -0.1) is 0 Å². The summed E-state index contributed by atoms with van der Waals surface area (Å²) in [5.41, 5.74) is 5.04. The highest BCUT2D eigenvalue weighted by Gasteiger charge is 2.15. The third kappa shape index (κ3) is 3.62. The number of aromatic nitrogens is 2. The second kappa shape index (κ2) is 7.82. The average Bonchev–Trinajstić information content (AvgIpc) is 3.36. The summed E-state index contributed by atoms with van der Waals surface area (Å²) in [6, 6.07) is 18.6. The van der Waals surface area contributed by atoms with Crippen LogP contribution in [0.15, 0.2) is 77.5 Å². The molecule has 1 atom stereocenters. The van der Waals surface area contributed by atoms with Crippen molar-refractivity contribution in [1.82, 2.24) is 15.1 Å². The van der Waals surface area contributed by atoms with Crippen LogP contribution < -0.4 is 5.32 Å². The van der Waals surface area contributed by atoms with E-state index in [0.717, 1.165) is 28.3 Å². The van der Waals surface area contributed by atoms with Crippen molar-refractivity contribution in [2.24, 2.45) is 0 Å². The molecule has 4 rings (SSSR count). The van der Waals surface area contributed by atoms with Gasteiger partial charge in [0.05, 0.1) is 18.1 Å². The van der Waals surface area contributed by atoms with Gasteiger partial charge in [-0.05, 0) is 49.7 Å². The Morgan fingerprint density at radius 3 is 2.75 bits per heavy atom. The van der Waals surface area contributed by atoms with Crippen LogP contribution in [0.25, 0.3) is 17.0 Å². The Morgan fingerprint density at radius 2 is 1.96 bits per heavy atom. The Kier molecular flexibility index (Phi) is 5.08. The van der Waals surface area contributed by atoms with Gasteiger partial charge in [0, 0.05) is 29.4 Å². The van der Waals surface area contributed by atoms with Gasteiger partial charge in [-0.1, -0.05) is 30.3 Å². The predicted molar refractivity (Wildman–Crippen MR) is 108 cm³/mol. The van der Waals surface area contributed by atoms with Gasteiger partial charge in [-0.3, -0.25) is 0 Å². The summed E-state index contributed by atoms with van der Waals surface area (Å²) in [6.07, 6.45) is 3.53. The smallest absolute Gasteiger partial charge is 0.134 e. The van der Waals surface area contributed by atoms with Gasteiger partial charge in [0.2, 0.25) is 0 Å². The molecule has 0 fully saturated rings. The van der Waals surface area contributed by atoms with E-state index >= 15 is 0 Å². The summed E-state index contributed by atoms with van der Waals surface area (Å²) in [4.78, 5) is 0. The molecule has 142 valence electrons. The Morgan fingerprint density at radius 1 is 1.11 bits per heavy atom. The molecule has 2 heterocycles. The van der Waals surface area contributed by atoms with Crippen LogP contribution in [0.2, 0.25) is 0 Å². The summed E-state index contributed by atoms with van der Waals surface area (Å²) in [7, 11) is 0. The number of halogens is 1. The van der Waals surface area contributed by atoms with Crippen LogP contribution in [-0.2, 0) is 6.54 Å². The summed E-state index contributed by atoms with van der Waals surface area (Å²) in [6.45, 7) is 4.81. The Labute approximate surface area is 163 Å². The van der Waals surface area contributed by atoms with Gasteiger partial charge in [-0.25, -0.2) is 9.07 Å². The van der Waals surface area contributed by atoms with E-state index in [0.29, 0.717) is 6.54 Å². The molecule has 0 amide bonds. The molecule has 0 bridgehead atoms. The van der Waals surface area contributed by atoms with Crippen molar-refractivity contribution in [3.05, 3.63) is 95.8 Å². The maximum atomic E-state index is 13.6. The topological polar surface area (TPSA) is 43.0 Å². The molecule has 1 N–H and O–H groups in total. The highest BCUT2D eigenvalue weighted by molar-refractivity contribution is 5.61. The maximum absolute atomic E-state index is 13.6. The predicted octanol–water partition coefficient (Wildman–Crippen LogP) is 5.43. The molecule has 4 nitrogen and oxygen atoms in total. The summed E-state index contributed by atoms with van der Waals surface area (Å²) >= 11 is 0. The summed E-state index contributed by atoms with van der Waals surface area (Å²) in [5, 5.41) is 8.02. The lowest BCUT2D eigenvalue weighted by Crippen LogP contribution is -2.19. The van der Waals surface area contributed by atoms with Crippen molar-refractivity contribution in [3.63, 3.8) is 0 Å². The maximum Gasteiger partial charge on any atom is 0.134 e. The van der Waals surface area contributed by atoms with Crippen molar-refractivity contribution in [3.8, 4) is 17.0 Å². The van der Waals surface area contributed by atoms with Crippen molar-refractivity contribution in [1.29, 1.82) is 0 Å². The molecule has 0 saturated heterocycles. The van der Waals surface area contributed by atoms with Gasteiger partial charge in [0.25, 0.3) is 0 Å². The number of nitrogens with zero attached hydrogens (tertiary/aromatic N) is 2. The molecule has 0 aliphatic carbocycles. The third-order valence-corrected chi connectivity index (χ3v) is 4.97. The fourth-order valence-electron chi connectivity index (χ4n) is 3.44. The molecular weight excluding hydrogens is 353 g/mol. The van der Waals surface area contributed by atoms with Crippen LogP contribution in [-0.4, -0.2) is 9.78 Å². The van der Waals surface area contributed by atoms with Crippen molar-refractivity contribution >= 4 is 0 Å². The second-order valence-electron chi connectivity index (χ2n) is 6.81. The molecule has 2 aromatic carbocycles. The first kappa shape index (κ1) is 18.2.